The van der Waals surface area contributed by atoms with Crippen molar-refractivity contribution < 1.29 is 4.74 Å². The number of hydrogen-bond acceptors (Lipinski definition) is 6. The third-order valence-corrected chi connectivity index (χ3v) is 3.07. The fourth-order valence-corrected chi connectivity index (χ4v) is 1.83. The molecule has 0 fully saturated rings. The van der Waals surface area contributed by atoms with Crippen LogP contribution in [0, 0.1) is 0 Å². The van der Waals surface area contributed by atoms with E-state index in [-0.39, 0.29) is 0 Å². The highest BCUT2D eigenvalue weighted by Gasteiger charge is 2.13. The topological polar surface area (TPSA) is 76.3 Å². The van der Waals surface area contributed by atoms with Crippen molar-refractivity contribution >= 4 is 11.6 Å². The van der Waals surface area contributed by atoms with Gasteiger partial charge in [0.05, 0.1) is 0 Å². The summed E-state index contributed by atoms with van der Waals surface area (Å²) < 4.78 is 5.35. The Morgan fingerprint density at radius 3 is 2.74 bits per heavy atom. The highest BCUT2D eigenvalue weighted by molar-refractivity contribution is 5.48. The molecule has 0 radical (unpaired) electrons. The van der Waals surface area contributed by atoms with Crippen LogP contribution >= 0.6 is 0 Å². The van der Waals surface area contributed by atoms with Gasteiger partial charge in [-0.2, -0.15) is 0 Å². The first kappa shape index (κ1) is 15.7. The zero-order valence-electron chi connectivity index (χ0n) is 12.3. The molecule has 0 aromatic carbocycles. The summed E-state index contributed by atoms with van der Waals surface area (Å²) in [5.41, 5.74) is 2.58. The lowest BCUT2D eigenvalue weighted by Crippen LogP contribution is -2.30. The molecule has 1 aromatic rings. The highest BCUT2D eigenvalue weighted by Crippen LogP contribution is 2.18. The first-order chi connectivity index (χ1) is 9.12. The van der Waals surface area contributed by atoms with Crippen molar-refractivity contribution in [3.63, 3.8) is 0 Å². The van der Waals surface area contributed by atoms with Gasteiger partial charge in [0.25, 0.3) is 0 Å². The molecule has 0 aliphatic carbocycles. The second-order valence-electron chi connectivity index (χ2n) is 4.56. The average Bonchev–Trinajstić information content (AvgIpc) is 2.44. The van der Waals surface area contributed by atoms with E-state index < -0.39 is 0 Å². The van der Waals surface area contributed by atoms with E-state index in [2.05, 4.69) is 34.1 Å². The molecule has 1 atom stereocenters. The van der Waals surface area contributed by atoms with Gasteiger partial charge in [0.1, 0.15) is 18.2 Å². The number of rotatable bonds is 8. The summed E-state index contributed by atoms with van der Waals surface area (Å²) in [5.74, 6) is 7.56. The Morgan fingerprint density at radius 1 is 1.42 bits per heavy atom. The van der Waals surface area contributed by atoms with Crippen LogP contribution in [-0.2, 0) is 11.3 Å². The van der Waals surface area contributed by atoms with Crippen LogP contribution in [0.5, 0.6) is 0 Å². The molecule has 6 nitrogen and oxygen atoms in total. The minimum atomic E-state index is 0.398. The van der Waals surface area contributed by atoms with Crippen LogP contribution in [0.15, 0.2) is 6.07 Å². The minimum absolute atomic E-state index is 0.398. The molecule has 0 saturated heterocycles. The van der Waals surface area contributed by atoms with E-state index in [1.165, 1.54) is 0 Å². The van der Waals surface area contributed by atoms with Crippen LogP contribution in [0.1, 0.15) is 39.4 Å². The maximum Gasteiger partial charge on any atom is 0.158 e. The van der Waals surface area contributed by atoms with E-state index >= 15 is 0 Å². The number of hydrazine groups is 1. The number of nitrogens with two attached hydrogens (primary N) is 1. The molecule has 0 amide bonds. The molecule has 0 aliphatic heterocycles. The van der Waals surface area contributed by atoms with E-state index in [1.807, 2.05) is 20.0 Å². The van der Waals surface area contributed by atoms with E-state index in [4.69, 9.17) is 10.6 Å². The summed E-state index contributed by atoms with van der Waals surface area (Å²) in [7, 11) is 2.04. The molecule has 0 bridgehead atoms. The highest BCUT2D eigenvalue weighted by atomic mass is 16.5. The standard InChI is InChI=1S/C13H25N5O/c1-5-7-10(3)18(4)13-8-11(17-14)15-12(16-13)9-19-6-2/h8,10H,5-7,9,14H2,1-4H3,(H,15,16,17). The van der Waals surface area contributed by atoms with Gasteiger partial charge in [-0.05, 0) is 20.3 Å². The molecular formula is C13H25N5O. The molecule has 0 saturated carbocycles. The summed E-state index contributed by atoms with van der Waals surface area (Å²) in [6, 6.07) is 2.27. The number of anilines is 2. The molecular weight excluding hydrogens is 242 g/mol. The fourth-order valence-electron chi connectivity index (χ4n) is 1.83. The van der Waals surface area contributed by atoms with Gasteiger partial charge in [0.2, 0.25) is 0 Å². The van der Waals surface area contributed by atoms with Crippen LogP contribution < -0.4 is 16.2 Å². The number of nitrogen functional groups attached to an aromatic ring is 1. The summed E-state index contributed by atoms with van der Waals surface area (Å²) >= 11 is 0. The normalized spacial score (nSPS) is 12.3. The largest absolute Gasteiger partial charge is 0.374 e. The van der Waals surface area contributed by atoms with Crippen molar-refractivity contribution in [2.75, 3.05) is 24.0 Å². The van der Waals surface area contributed by atoms with Gasteiger partial charge in [0.15, 0.2) is 5.82 Å². The lowest BCUT2D eigenvalue weighted by Gasteiger charge is -2.26. The van der Waals surface area contributed by atoms with Gasteiger partial charge in [-0.15, -0.1) is 0 Å². The second kappa shape index (κ2) is 7.91. The predicted octanol–water partition coefficient (Wildman–Crippen LogP) is 1.92. The monoisotopic (exact) mass is 267 g/mol. The summed E-state index contributed by atoms with van der Waals surface area (Å²) in [6.45, 7) is 7.35. The number of nitrogens with zero attached hydrogens (tertiary/aromatic N) is 3. The molecule has 0 spiro atoms. The van der Waals surface area contributed by atoms with E-state index in [1.54, 1.807) is 0 Å². The third-order valence-electron chi connectivity index (χ3n) is 3.07. The first-order valence-corrected chi connectivity index (χ1v) is 6.77. The van der Waals surface area contributed by atoms with E-state index in [0.717, 1.165) is 18.7 Å². The zero-order valence-corrected chi connectivity index (χ0v) is 12.3. The lowest BCUT2D eigenvalue weighted by molar-refractivity contribution is 0.128. The third kappa shape index (κ3) is 4.65. The number of nitrogens with one attached hydrogen (secondary N) is 1. The summed E-state index contributed by atoms with van der Waals surface area (Å²) in [5, 5.41) is 0. The Hall–Kier alpha value is -1.40. The second-order valence-corrected chi connectivity index (χ2v) is 4.56. The Morgan fingerprint density at radius 2 is 2.16 bits per heavy atom. The van der Waals surface area contributed by atoms with Crippen LogP contribution in [0.25, 0.3) is 0 Å². The maximum atomic E-state index is 5.45. The van der Waals surface area contributed by atoms with Crippen molar-refractivity contribution in [2.45, 2.75) is 46.3 Å². The van der Waals surface area contributed by atoms with E-state index in [0.29, 0.717) is 30.9 Å². The molecule has 19 heavy (non-hydrogen) atoms. The van der Waals surface area contributed by atoms with Gasteiger partial charge in [-0.3, -0.25) is 0 Å². The predicted molar refractivity (Wildman–Crippen MR) is 77.9 cm³/mol. The first-order valence-electron chi connectivity index (χ1n) is 6.77. The molecule has 1 heterocycles. The van der Waals surface area contributed by atoms with Crippen LogP contribution in [0.3, 0.4) is 0 Å². The SMILES string of the molecule is CCCC(C)N(C)c1cc(NN)nc(COCC)n1. The molecule has 1 rings (SSSR count). The molecule has 1 aromatic heterocycles. The number of hydrogen-bond donors (Lipinski definition) is 2. The van der Waals surface area contributed by atoms with Crippen LogP contribution in [-0.4, -0.2) is 29.7 Å². The van der Waals surface area contributed by atoms with Gasteiger partial charge < -0.3 is 15.1 Å². The molecule has 6 heteroatoms. The Kier molecular flexibility index (Phi) is 6.52. The molecule has 108 valence electrons. The summed E-state index contributed by atoms with van der Waals surface area (Å²) in [6.07, 6.45) is 2.26. The summed E-state index contributed by atoms with van der Waals surface area (Å²) in [4.78, 5) is 10.9. The van der Waals surface area contributed by atoms with Crippen molar-refractivity contribution in [1.82, 2.24) is 9.97 Å². The van der Waals surface area contributed by atoms with Gasteiger partial charge in [-0.1, -0.05) is 13.3 Å². The lowest BCUT2D eigenvalue weighted by atomic mass is 10.2. The Labute approximate surface area is 115 Å². The number of aromatic nitrogens is 2. The van der Waals surface area contributed by atoms with Crippen molar-refractivity contribution in [2.24, 2.45) is 5.84 Å². The van der Waals surface area contributed by atoms with Crippen molar-refractivity contribution in [3.05, 3.63) is 11.9 Å². The molecule has 0 aliphatic rings. The molecule has 3 N–H and O–H groups in total. The van der Waals surface area contributed by atoms with Gasteiger partial charge >= 0.3 is 0 Å². The van der Waals surface area contributed by atoms with Crippen LogP contribution in [0.4, 0.5) is 11.6 Å². The Balaban J connectivity index is 2.91. The van der Waals surface area contributed by atoms with Crippen LogP contribution in [0.2, 0.25) is 0 Å². The van der Waals surface area contributed by atoms with Gasteiger partial charge in [-0.25, -0.2) is 15.8 Å². The van der Waals surface area contributed by atoms with Crippen molar-refractivity contribution in [1.29, 1.82) is 0 Å². The number of ether oxygens (including phenoxy) is 1. The Bertz CT molecular complexity index is 385. The van der Waals surface area contributed by atoms with E-state index in [9.17, 15) is 0 Å². The smallest absolute Gasteiger partial charge is 0.158 e. The average molecular weight is 267 g/mol. The molecule has 1 unspecified atom stereocenters. The van der Waals surface area contributed by atoms with Crippen molar-refractivity contribution in [3.8, 4) is 0 Å². The fraction of sp³-hybridized carbons (Fsp3) is 0.692. The maximum absolute atomic E-state index is 5.45. The quantitative estimate of drug-likeness (QED) is 0.553. The zero-order chi connectivity index (χ0) is 14.3. The minimum Gasteiger partial charge on any atom is -0.374 e. The van der Waals surface area contributed by atoms with Gasteiger partial charge in [0, 0.05) is 25.8 Å².